The fraction of sp³-hybridized carbons (Fsp3) is 0.817. The SMILES string of the molecule is CC/C=C\C/C=C\C/C=C\C/C=C\C/C=C\CCCCCCCCCCCCCCCCCC(=O)OCC(COC(=O)CCCCCCCCCC)OC(=O)CCCCCCCCCCCCCCCCCCCCCC. The molecule has 0 saturated carbocycles. The standard InChI is InChI=1S/C71H128O6/c1-4-7-10-13-16-19-21-23-25-27-29-31-32-33-34-35-36-37-38-39-40-41-43-44-46-48-50-52-55-58-61-64-70(73)76-67-68(66-75-69(72)63-60-57-54-18-15-12-9-6-3)77-71(74)65-62-59-56-53-51-49-47-45-42-30-28-26-24-22-20-17-14-11-8-5-2/h7,10,16,19,23,25,29,31,33-34,68H,4-6,8-9,11-15,17-18,20-22,24,26-28,30,32,35-67H2,1-3H3/b10-7-,19-16-,25-23-,31-29-,34-33-. The first-order chi connectivity index (χ1) is 38.0. The summed E-state index contributed by atoms with van der Waals surface area (Å²) in [6.45, 7) is 6.55. The maximum absolute atomic E-state index is 12.9. The zero-order chi connectivity index (χ0) is 55.7. The second-order valence-electron chi connectivity index (χ2n) is 22.7. The number of ether oxygens (including phenoxy) is 3. The lowest BCUT2D eigenvalue weighted by molar-refractivity contribution is -0.167. The van der Waals surface area contributed by atoms with Gasteiger partial charge in [0, 0.05) is 19.3 Å². The van der Waals surface area contributed by atoms with E-state index >= 15 is 0 Å². The molecule has 6 nitrogen and oxygen atoms in total. The van der Waals surface area contributed by atoms with Crippen molar-refractivity contribution in [3.05, 3.63) is 60.8 Å². The summed E-state index contributed by atoms with van der Waals surface area (Å²) in [5, 5.41) is 0. The maximum atomic E-state index is 12.9. The lowest BCUT2D eigenvalue weighted by Gasteiger charge is -2.18. The van der Waals surface area contributed by atoms with Crippen LogP contribution >= 0.6 is 0 Å². The predicted octanol–water partition coefficient (Wildman–Crippen LogP) is 23.1. The highest BCUT2D eigenvalue weighted by Gasteiger charge is 2.19. The first-order valence-corrected chi connectivity index (χ1v) is 33.8. The molecule has 0 spiro atoms. The van der Waals surface area contributed by atoms with Crippen molar-refractivity contribution in [3.63, 3.8) is 0 Å². The summed E-state index contributed by atoms with van der Waals surface area (Å²) in [5.41, 5.74) is 0. The van der Waals surface area contributed by atoms with Crippen LogP contribution in [0.3, 0.4) is 0 Å². The van der Waals surface area contributed by atoms with E-state index in [4.69, 9.17) is 14.2 Å². The number of hydrogen-bond acceptors (Lipinski definition) is 6. The van der Waals surface area contributed by atoms with E-state index in [2.05, 4.69) is 81.5 Å². The Bertz CT molecular complexity index is 1380. The average Bonchev–Trinajstić information content (AvgIpc) is 3.43. The maximum Gasteiger partial charge on any atom is 0.306 e. The number of allylic oxidation sites excluding steroid dienone is 10. The second kappa shape index (κ2) is 65.6. The predicted molar refractivity (Wildman–Crippen MR) is 335 cm³/mol. The van der Waals surface area contributed by atoms with Crippen LogP contribution in [0.5, 0.6) is 0 Å². The van der Waals surface area contributed by atoms with Crippen LogP contribution in [0.2, 0.25) is 0 Å². The number of carbonyl (C=O) groups is 3. The van der Waals surface area contributed by atoms with Crippen LogP contribution < -0.4 is 0 Å². The van der Waals surface area contributed by atoms with Crippen molar-refractivity contribution < 1.29 is 28.6 Å². The molecule has 0 rings (SSSR count). The largest absolute Gasteiger partial charge is 0.462 e. The molecule has 1 atom stereocenters. The monoisotopic (exact) mass is 1080 g/mol. The molecule has 0 aromatic carbocycles. The molecule has 0 aromatic heterocycles. The van der Waals surface area contributed by atoms with Gasteiger partial charge in [-0.25, -0.2) is 0 Å². The molecule has 0 saturated heterocycles. The zero-order valence-corrected chi connectivity index (χ0v) is 51.5. The smallest absolute Gasteiger partial charge is 0.306 e. The highest BCUT2D eigenvalue weighted by Crippen LogP contribution is 2.18. The lowest BCUT2D eigenvalue weighted by Crippen LogP contribution is -2.30. The summed E-state index contributed by atoms with van der Waals surface area (Å²) in [5.74, 6) is -0.850. The van der Waals surface area contributed by atoms with Crippen LogP contribution in [0.1, 0.15) is 355 Å². The van der Waals surface area contributed by atoms with Crippen LogP contribution in [-0.4, -0.2) is 37.2 Å². The Morgan fingerprint density at radius 2 is 0.506 bits per heavy atom. The Hall–Kier alpha value is -2.89. The molecule has 0 heterocycles. The van der Waals surface area contributed by atoms with E-state index in [9.17, 15) is 14.4 Å². The van der Waals surface area contributed by atoms with E-state index in [-0.39, 0.29) is 31.1 Å². The summed E-state index contributed by atoms with van der Waals surface area (Å²) in [7, 11) is 0. The van der Waals surface area contributed by atoms with E-state index in [0.29, 0.717) is 19.3 Å². The Morgan fingerprint density at radius 3 is 0.792 bits per heavy atom. The number of carbonyl (C=O) groups excluding carboxylic acids is 3. The van der Waals surface area contributed by atoms with Gasteiger partial charge in [-0.05, 0) is 64.2 Å². The molecule has 0 radical (unpaired) electrons. The molecule has 0 aliphatic rings. The molecule has 77 heavy (non-hydrogen) atoms. The van der Waals surface area contributed by atoms with Crippen LogP contribution in [0.4, 0.5) is 0 Å². The fourth-order valence-electron chi connectivity index (χ4n) is 10.0. The summed E-state index contributed by atoms with van der Waals surface area (Å²) >= 11 is 0. The Balaban J connectivity index is 4.07. The highest BCUT2D eigenvalue weighted by molar-refractivity contribution is 5.71. The van der Waals surface area contributed by atoms with Gasteiger partial charge in [-0.15, -0.1) is 0 Å². The number of hydrogen-bond donors (Lipinski definition) is 0. The normalized spacial score (nSPS) is 12.4. The van der Waals surface area contributed by atoms with Gasteiger partial charge in [0.15, 0.2) is 6.10 Å². The third-order valence-corrected chi connectivity index (χ3v) is 15.0. The topological polar surface area (TPSA) is 78.9 Å². The van der Waals surface area contributed by atoms with Crippen molar-refractivity contribution in [1.82, 2.24) is 0 Å². The molecule has 448 valence electrons. The number of rotatable bonds is 62. The van der Waals surface area contributed by atoms with Gasteiger partial charge in [0.2, 0.25) is 0 Å². The number of unbranched alkanes of at least 4 members (excludes halogenated alkanes) is 41. The van der Waals surface area contributed by atoms with E-state index in [1.807, 2.05) is 0 Å². The van der Waals surface area contributed by atoms with E-state index in [1.165, 1.54) is 225 Å². The summed E-state index contributed by atoms with van der Waals surface area (Å²) in [6.07, 6.45) is 84.1. The van der Waals surface area contributed by atoms with Crippen molar-refractivity contribution in [3.8, 4) is 0 Å². The summed E-state index contributed by atoms with van der Waals surface area (Å²) < 4.78 is 16.9. The first-order valence-electron chi connectivity index (χ1n) is 33.8. The van der Waals surface area contributed by atoms with Gasteiger partial charge < -0.3 is 14.2 Å². The van der Waals surface area contributed by atoms with Crippen LogP contribution in [-0.2, 0) is 28.6 Å². The lowest BCUT2D eigenvalue weighted by atomic mass is 10.0. The minimum atomic E-state index is -0.768. The van der Waals surface area contributed by atoms with Crippen molar-refractivity contribution in [1.29, 1.82) is 0 Å². The summed E-state index contributed by atoms with van der Waals surface area (Å²) in [6, 6.07) is 0. The summed E-state index contributed by atoms with van der Waals surface area (Å²) in [4.78, 5) is 38.2. The molecule has 1 unspecified atom stereocenters. The van der Waals surface area contributed by atoms with Gasteiger partial charge in [0.25, 0.3) is 0 Å². The van der Waals surface area contributed by atoms with Crippen molar-refractivity contribution in [2.75, 3.05) is 13.2 Å². The molecule has 0 aliphatic heterocycles. The molecule has 6 heteroatoms. The van der Waals surface area contributed by atoms with E-state index < -0.39 is 6.10 Å². The van der Waals surface area contributed by atoms with Crippen molar-refractivity contribution in [2.45, 2.75) is 361 Å². The minimum Gasteiger partial charge on any atom is -0.462 e. The Labute approximate surface area is 479 Å². The second-order valence-corrected chi connectivity index (χ2v) is 22.7. The van der Waals surface area contributed by atoms with E-state index in [0.717, 1.165) is 89.9 Å². The molecule has 0 N–H and O–H groups in total. The molecular formula is C71H128O6. The van der Waals surface area contributed by atoms with Gasteiger partial charge in [-0.1, -0.05) is 332 Å². The van der Waals surface area contributed by atoms with Gasteiger partial charge in [0.05, 0.1) is 0 Å². The molecule has 0 bridgehead atoms. The Morgan fingerprint density at radius 1 is 0.273 bits per heavy atom. The average molecular weight is 1080 g/mol. The quantitative estimate of drug-likeness (QED) is 0.0261. The molecule has 0 aromatic rings. The van der Waals surface area contributed by atoms with E-state index in [1.54, 1.807) is 0 Å². The number of esters is 3. The molecule has 0 amide bonds. The molecule has 0 fully saturated rings. The minimum absolute atomic E-state index is 0.0679. The van der Waals surface area contributed by atoms with Gasteiger partial charge in [0.1, 0.15) is 13.2 Å². The molecular weight excluding hydrogens is 949 g/mol. The van der Waals surface area contributed by atoms with Crippen molar-refractivity contribution in [2.24, 2.45) is 0 Å². The highest BCUT2D eigenvalue weighted by atomic mass is 16.6. The Kier molecular flexibility index (Phi) is 63.2. The molecule has 0 aliphatic carbocycles. The third kappa shape index (κ3) is 63.8. The van der Waals surface area contributed by atoms with Crippen LogP contribution in [0, 0.1) is 0 Å². The van der Waals surface area contributed by atoms with Crippen molar-refractivity contribution >= 4 is 17.9 Å². The first kappa shape index (κ1) is 74.1. The van der Waals surface area contributed by atoms with Gasteiger partial charge in [-0.3, -0.25) is 14.4 Å². The fourth-order valence-corrected chi connectivity index (χ4v) is 10.0. The van der Waals surface area contributed by atoms with Gasteiger partial charge in [-0.2, -0.15) is 0 Å². The van der Waals surface area contributed by atoms with Gasteiger partial charge >= 0.3 is 17.9 Å². The zero-order valence-electron chi connectivity index (χ0n) is 51.5. The third-order valence-electron chi connectivity index (χ3n) is 15.0. The van der Waals surface area contributed by atoms with Crippen LogP contribution in [0.15, 0.2) is 60.8 Å². The van der Waals surface area contributed by atoms with Crippen LogP contribution in [0.25, 0.3) is 0 Å².